The van der Waals surface area contributed by atoms with Crippen molar-refractivity contribution in [3.05, 3.63) is 12.2 Å². The number of rotatable bonds is 0. The highest BCUT2D eigenvalue weighted by atomic mass is 19.4. The summed E-state index contributed by atoms with van der Waals surface area (Å²) in [6.07, 6.45) is -8.30. The van der Waals surface area contributed by atoms with Crippen LogP contribution in [0.2, 0.25) is 0 Å². The van der Waals surface area contributed by atoms with Gasteiger partial charge in [-0.3, -0.25) is 0 Å². The Labute approximate surface area is 92.4 Å². The molecule has 7 heteroatoms. The first-order valence-electron chi connectivity index (χ1n) is 5.18. The average Bonchev–Trinajstić information content (AvgIpc) is 2.53. The van der Waals surface area contributed by atoms with Gasteiger partial charge in [0.1, 0.15) is 0 Å². The molecule has 2 bridgehead atoms. The molecule has 0 N–H and O–H groups in total. The fraction of sp³-hybridized carbons (Fsp3) is 0.800. The first-order valence-corrected chi connectivity index (χ1v) is 5.18. The van der Waals surface area contributed by atoms with E-state index in [0.29, 0.717) is 6.42 Å². The van der Waals surface area contributed by atoms with Crippen LogP contribution in [0.15, 0.2) is 12.2 Å². The first kappa shape index (κ1) is 11.4. The minimum atomic E-state index is -5.41. The van der Waals surface area contributed by atoms with Crippen LogP contribution in [0, 0.1) is 17.8 Å². The van der Waals surface area contributed by atoms with Crippen LogP contribution < -0.4 is 0 Å². The molecule has 1 aliphatic heterocycles. The molecule has 0 aromatic rings. The zero-order valence-corrected chi connectivity index (χ0v) is 8.35. The lowest BCUT2D eigenvalue weighted by atomic mass is 9.70. The van der Waals surface area contributed by atoms with Crippen molar-refractivity contribution in [1.82, 2.24) is 0 Å². The standard InChI is InChI=1S/C10H8F6O/c11-9(12,13)8(10(14,15)16)6-4-1-2-5(3-4)7(6)17-8/h1-2,4-7H,3H2/t4-,5+,6?,7?/m0/s1. The minimum absolute atomic E-state index is 0.289. The maximum absolute atomic E-state index is 12.7. The monoisotopic (exact) mass is 258 g/mol. The highest BCUT2D eigenvalue weighted by molar-refractivity contribution is 5.26. The summed E-state index contributed by atoms with van der Waals surface area (Å²) >= 11 is 0. The Morgan fingerprint density at radius 1 is 0.941 bits per heavy atom. The molecule has 1 saturated carbocycles. The predicted molar refractivity (Wildman–Crippen MR) is 43.9 cm³/mol. The lowest BCUT2D eigenvalue weighted by Crippen LogP contribution is -2.75. The predicted octanol–water partition coefficient (Wildman–Crippen LogP) is 3.07. The molecule has 2 fully saturated rings. The fourth-order valence-corrected chi connectivity index (χ4v) is 3.36. The summed E-state index contributed by atoms with van der Waals surface area (Å²) in [5.74, 6) is -2.46. The van der Waals surface area contributed by atoms with Crippen molar-refractivity contribution >= 4 is 0 Å². The second-order valence-electron chi connectivity index (χ2n) is 4.79. The molecular formula is C10H8F6O. The van der Waals surface area contributed by atoms with E-state index in [1.165, 1.54) is 6.08 Å². The summed E-state index contributed by atoms with van der Waals surface area (Å²) in [5, 5.41) is 0. The zero-order chi connectivity index (χ0) is 12.6. The smallest absolute Gasteiger partial charge is 0.353 e. The topological polar surface area (TPSA) is 9.23 Å². The molecule has 2 aliphatic carbocycles. The molecular weight excluding hydrogens is 250 g/mol. The molecule has 17 heavy (non-hydrogen) atoms. The van der Waals surface area contributed by atoms with Gasteiger partial charge in [-0.1, -0.05) is 12.2 Å². The van der Waals surface area contributed by atoms with Gasteiger partial charge in [0.25, 0.3) is 5.60 Å². The van der Waals surface area contributed by atoms with Crippen LogP contribution in [0.1, 0.15) is 6.42 Å². The van der Waals surface area contributed by atoms with Crippen molar-refractivity contribution in [1.29, 1.82) is 0 Å². The van der Waals surface area contributed by atoms with Gasteiger partial charge >= 0.3 is 12.4 Å². The molecule has 3 aliphatic rings. The average molecular weight is 258 g/mol. The fourth-order valence-electron chi connectivity index (χ4n) is 3.36. The Balaban J connectivity index is 2.03. The first-order chi connectivity index (χ1) is 7.68. The lowest BCUT2D eigenvalue weighted by molar-refractivity contribution is -0.466. The van der Waals surface area contributed by atoms with E-state index in [2.05, 4.69) is 4.74 Å². The number of allylic oxidation sites excluding steroid dienone is 1. The van der Waals surface area contributed by atoms with Gasteiger partial charge < -0.3 is 4.74 Å². The van der Waals surface area contributed by atoms with Crippen molar-refractivity contribution in [2.45, 2.75) is 30.5 Å². The summed E-state index contributed by atoms with van der Waals surface area (Å²) < 4.78 is 80.8. The third kappa shape index (κ3) is 1.11. The van der Waals surface area contributed by atoms with Gasteiger partial charge in [0.05, 0.1) is 6.10 Å². The molecule has 0 spiro atoms. The Hall–Kier alpha value is -0.720. The number of alkyl halides is 6. The molecule has 3 rings (SSSR count). The third-order valence-corrected chi connectivity index (χ3v) is 4.02. The van der Waals surface area contributed by atoms with Gasteiger partial charge in [-0.05, 0) is 12.3 Å². The minimum Gasteiger partial charge on any atom is -0.353 e. The van der Waals surface area contributed by atoms with Crippen molar-refractivity contribution in [3.8, 4) is 0 Å². The lowest BCUT2D eigenvalue weighted by Gasteiger charge is -2.55. The molecule has 96 valence electrons. The number of halogens is 6. The zero-order valence-electron chi connectivity index (χ0n) is 8.35. The SMILES string of the molecule is FC(F)(F)C1(C(F)(F)F)OC2C1[C@H]1C=C[C@@H]2C1. The van der Waals surface area contributed by atoms with E-state index < -0.39 is 35.9 Å². The molecule has 1 nitrogen and oxygen atoms in total. The Kier molecular flexibility index (Phi) is 1.88. The molecule has 2 unspecified atom stereocenters. The van der Waals surface area contributed by atoms with Gasteiger partial charge in [0, 0.05) is 11.8 Å². The summed E-state index contributed by atoms with van der Waals surface area (Å²) in [6.45, 7) is 0. The third-order valence-electron chi connectivity index (χ3n) is 4.02. The second-order valence-corrected chi connectivity index (χ2v) is 4.79. The Morgan fingerprint density at radius 2 is 1.47 bits per heavy atom. The van der Waals surface area contributed by atoms with Gasteiger partial charge in [-0.2, -0.15) is 26.3 Å². The molecule has 0 aromatic carbocycles. The highest BCUT2D eigenvalue weighted by Crippen LogP contribution is 2.67. The van der Waals surface area contributed by atoms with E-state index in [4.69, 9.17) is 0 Å². The summed E-state index contributed by atoms with van der Waals surface area (Å²) in [6, 6.07) is 0. The molecule has 4 atom stereocenters. The molecule has 1 heterocycles. The van der Waals surface area contributed by atoms with Gasteiger partial charge in [-0.25, -0.2) is 0 Å². The number of fused-ring (bicyclic) bond motifs is 5. The van der Waals surface area contributed by atoms with E-state index in [0.717, 1.165) is 0 Å². The molecule has 1 saturated heterocycles. The van der Waals surface area contributed by atoms with Gasteiger partial charge in [-0.15, -0.1) is 0 Å². The van der Waals surface area contributed by atoms with Crippen LogP contribution in [0.3, 0.4) is 0 Å². The van der Waals surface area contributed by atoms with Crippen LogP contribution in [0.4, 0.5) is 26.3 Å². The van der Waals surface area contributed by atoms with Crippen LogP contribution in [-0.4, -0.2) is 24.1 Å². The summed E-state index contributed by atoms with van der Waals surface area (Å²) in [7, 11) is 0. The number of ether oxygens (including phenoxy) is 1. The van der Waals surface area contributed by atoms with Crippen molar-refractivity contribution in [2.75, 3.05) is 0 Å². The van der Waals surface area contributed by atoms with E-state index in [-0.39, 0.29) is 5.92 Å². The van der Waals surface area contributed by atoms with Crippen LogP contribution in [0.5, 0.6) is 0 Å². The Morgan fingerprint density at radius 3 is 1.94 bits per heavy atom. The number of hydrogen-bond donors (Lipinski definition) is 0. The van der Waals surface area contributed by atoms with E-state index in [9.17, 15) is 26.3 Å². The summed E-state index contributed by atoms with van der Waals surface area (Å²) in [5.41, 5.74) is -3.95. The van der Waals surface area contributed by atoms with E-state index in [1.807, 2.05) is 0 Å². The van der Waals surface area contributed by atoms with Gasteiger partial charge in [0.2, 0.25) is 0 Å². The van der Waals surface area contributed by atoms with Crippen molar-refractivity contribution < 1.29 is 31.1 Å². The maximum atomic E-state index is 12.7. The number of hydrogen-bond acceptors (Lipinski definition) is 1. The molecule has 0 radical (unpaired) electrons. The van der Waals surface area contributed by atoms with Crippen LogP contribution in [-0.2, 0) is 4.74 Å². The Bertz CT molecular complexity index is 367. The summed E-state index contributed by atoms with van der Waals surface area (Å²) in [4.78, 5) is 0. The van der Waals surface area contributed by atoms with Crippen LogP contribution >= 0.6 is 0 Å². The van der Waals surface area contributed by atoms with E-state index >= 15 is 0 Å². The van der Waals surface area contributed by atoms with Crippen molar-refractivity contribution in [3.63, 3.8) is 0 Å². The normalized spacial score (nSPS) is 42.5. The second kappa shape index (κ2) is 2.81. The molecule has 0 aromatic heterocycles. The van der Waals surface area contributed by atoms with Crippen molar-refractivity contribution in [2.24, 2.45) is 17.8 Å². The largest absolute Gasteiger partial charge is 0.426 e. The van der Waals surface area contributed by atoms with Crippen LogP contribution in [0.25, 0.3) is 0 Å². The quantitative estimate of drug-likeness (QED) is 0.479. The highest BCUT2D eigenvalue weighted by Gasteiger charge is 2.85. The molecule has 0 amide bonds. The maximum Gasteiger partial charge on any atom is 0.426 e. The van der Waals surface area contributed by atoms with Gasteiger partial charge in [0.15, 0.2) is 0 Å². The van der Waals surface area contributed by atoms with E-state index in [1.54, 1.807) is 6.08 Å².